The molecule has 0 aromatic rings. The molecule has 0 aromatic carbocycles. The molecular weight excluding hydrogens is 291 g/mol. The lowest BCUT2D eigenvalue weighted by atomic mass is 10.1. The van der Waals surface area contributed by atoms with Crippen molar-refractivity contribution in [2.24, 2.45) is 9.98 Å². The number of aliphatic imine (C=N–C) groups is 2. The zero-order valence-corrected chi connectivity index (χ0v) is 10.4. The Morgan fingerprint density at radius 3 is 3.29 bits per heavy atom. The van der Waals surface area contributed by atoms with Crippen LogP contribution in [0, 0.1) is 0 Å². The normalized spacial score (nSPS) is 31.7. The second-order valence-corrected chi connectivity index (χ2v) is 4.80. The predicted octanol–water partition coefficient (Wildman–Crippen LogP) is 1.22. The molecule has 0 bridgehead atoms. The Labute approximate surface area is 98.0 Å². The van der Waals surface area contributed by atoms with Crippen molar-refractivity contribution in [3.05, 3.63) is 0 Å². The van der Waals surface area contributed by atoms with E-state index in [4.69, 9.17) is 0 Å². The Balaban J connectivity index is 1.93. The monoisotopic (exact) mass is 306 g/mol. The van der Waals surface area contributed by atoms with Gasteiger partial charge in [-0.25, -0.2) is 15.4 Å². The highest BCUT2D eigenvalue weighted by molar-refractivity contribution is 14.1. The van der Waals surface area contributed by atoms with Gasteiger partial charge in [0, 0.05) is 13.1 Å². The van der Waals surface area contributed by atoms with E-state index in [1.54, 1.807) is 6.34 Å². The van der Waals surface area contributed by atoms with E-state index < -0.39 is 0 Å². The summed E-state index contributed by atoms with van der Waals surface area (Å²) in [6.07, 6.45) is 4.17. The van der Waals surface area contributed by atoms with Gasteiger partial charge in [-0.2, -0.15) is 0 Å². The minimum absolute atomic E-state index is 0.331. The van der Waals surface area contributed by atoms with Crippen LogP contribution in [0.1, 0.15) is 19.8 Å². The largest absolute Gasteiger partial charge is 0.267 e. The minimum Gasteiger partial charge on any atom is -0.267 e. The van der Waals surface area contributed by atoms with Crippen molar-refractivity contribution in [3.8, 4) is 0 Å². The SMILES string of the molecule is CCCCN1CC2N=CN=C(I)C2N1. The van der Waals surface area contributed by atoms with Crippen molar-refractivity contribution in [2.75, 3.05) is 13.1 Å². The van der Waals surface area contributed by atoms with E-state index in [0.717, 1.165) is 16.8 Å². The summed E-state index contributed by atoms with van der Waals surface area (Å²) in [5.41, 5.74) is 3.46. The van der Waals surface area contributed by atoms with Crippen LogP contribution in [-0.2, 0) is 0 Å². The van der Waals surface area contributed by atoms with Crippen LogP contribution in [0.5, 0.6) is 0 Å². The molecule has 2 atom stereocenters. The quantitative estimate of drug-likeness (QED) is 0.797. The molecule has 2 aliphatic heterocycles. The van der Waals surface area contributed by atoms with Crippen molar-refractivity contribution in [1.29, 1.82) is 0 Å². The maximum atomic E-state index is 4.38. The number of nitrogens with zero attached hydrogens (tertiary/aromatic N) is 3. The minimum atomic E-state index is 0.331. The van der Waals surface area contributed by atoms with Crippen LogP contribution < -0.4 is 5.43 Å². The highest BCUT2D eigenvalue weighted by Crippen LogP contribution is 2.18. The number of hydrogen-bond donors (Lipinski definition) is 1. The average molecular weight is 306 g/mol. The van der Waals surface area contributed by atoms with E-state index in [9.17, 15) is 0 Å². The van der Waals surface area contributed by atoms with Gasteiger partial charge in [-0.1, -0.05) is 13.3 Å². The zero-order valence-electron chi connectivity index (χ0n) is 8.28. The predicted molar refractivity (Wildman–Crippen MR) is 67.1 cm³/mol. The fourth-order valence-electron chi connectivity index (χ4n) is 1.77. The van der Waals surface area contributed by atoms with Crippen LogP contribution in [0.4, 0.5) is 0 Å². The molecular formula is C9H15IN4. The second-order valence-electron chi connectivity index (χ2n) is 3.69. The molecule has 0 radical (unpaired) electrons. The molecule has 78 valence electrons. The van der Waals surface area contributed by atoms with Gasteiger partial charge in [-0.15, -0.1) is 0 Å². The van der Waals surface area contributed by atoms with Gasteiger partial charge in [-0.05, 0) is 29.0 Å². The molecule has 2 rings (SSSR count). The number of halogens is 1. The first-order chi connectivity index (χ1) is 6.81. The third-order valence-electron chi connectivity index (χ3n) is 2.59. The number of hydrazine groups is 1. The molecule has 4 nitrogen and oxygen atoms in total. The maximum Gasteiger partial charge on any atom is 0.111 e. The lowest BCUT2D eigenvalue weighted by molar-refractivity contribution is 0.242. The van der Waals surface area contributed by atoms with E-state index in [2.05, 4.69) is 49.9 Å². The van der Waals surface area contributed by atoms with Gasteiger partial charge in [0.1, 0.15) is 10.1 Å². The highest BCUT2D eigenvalue weighted by Gasteiger charge is 2.35. The van der Waals surface area contributed by atoms with Gasteiger partial charge < -0.3 is 0 Å². The Morgan fingerprint density at radius 2 is 2.57 bits per heavy atom. The third-order valence-corrected chi connectivity index (χ3v) is 3.54. The van der Waals surface area contributed by atoms with Gasteiger partial charge in [-0.3, -0.25) is 4.99 Å². The molecule has 2 unspecified atom stereocenters. The molecule has 1 fully saturated rings. The Kier molecular flexibility index (Phi) is 3.51. The summed E-state index contributed by atoms with van der Waals surface area (Å²) in [5, 5.41) is 2.27. The Morgan fingerprint density at radius 1 is 1.71 bits per heavy atom. The van der Waals surface area contributed by atoms with Gasteiger partial charge >= 0.3 is 0 Å². The zero-order chi connectivity index (χ0) is 9.97. The summed E-state index contributed by atoms with van der Waals surface area (Å²) in [6, 6.07) is 0.703. The highest BCUT2D eigenvalue weighted by atomic mass is 127. The Bertz CT molecular complexity index is 264. The lowest BCUT2D eigenvalue weighted by Gasteiger charge is -2.17. The summed E-state index contributed by atoms with van der Waals surface area (Å²) in [7, 11) is 0. The fourth-order valence-corrected chi connectivity index (χ4v) is 2.45. The van der Waals surface area contributed by atoms with Crippen LogP contribution in [0.25, 0.3) is 0 Å². The van der Waals surface area contributed by atoms with Crippen molar-refractivity contribution >= 4 is 32.6 Å². The Hall–Kier alpha value is -0.0100. The van der Waals surface area contributed by atoms with Gasteiger partial charge in [0.2, 0.25) is 0 Å². The van der Waals surface area contributed by atoms with E-state index in [-0.39, 0.29) is 0 Å². The standard InChI is InChI=1S/C9H15IN4/c1-2-3-4-14-5-7-8(13-14)9(10)12-6-11-7/h6-8,13H,2-5H2,1H3. The summed E-state index contributed by atoms with van der Waals surface area (Å²) in [6.45, 7) is 4.35. The van der Waals surface area contributed by atoms with E-state index in [0.29, 0.717) is 12.1 Å². The van der Waals surface area contributed by atoms with Crippen LogP contribution in [0.15, 0.2) is 9.98 Å². The summed E-state index contributed by atoms with van der Waals surface area (Å²) in [5.74, 6) is 0. The van der Waals surface area contributed by atoms with Gasteiger partial charge in [0.15, 0.2) is 0 Å². The number of fused-ring (bicyclic) bond motifs is 1. The number of nitrogens with one attached hydrogen (secondary N) is 1. The number of hydrogen-bond acceptors (Lipinski definition) is 4. The molecule has 0 saturated carbocycles. The van der Waals surface area contributed by atoms with Crippen molar-refractivity contribution in [3.63, 3.8) is 0 Å². The van der Waals surface area contributed by atoms with Crippen LogP contribution >= 0.6 is 22.6 Å². The van der Waals surface area contributed by atoms with Crippen molar-refractivity contribution in [2.45, 2.75) is 31.8 Å². The molecule has 14 heavy (non-hydrogen) atoms. The fraction of sp³-hybridized carbons (Fsp3) is 0.778. The molecule has 0 aliphatic carbocycles. The molecule has 1 N–H and O–H groups in total. The lowest BCUT2D eigenvalue weighted by Crippen LogP contribution is -2.41. The first-order valence-corrected chi connectivity index (χ1v) is 6.15. The molecule has 2 aliphatic rings. The molecule has 2 heterocycles. The maximum absolute atomic E-state index is 4.38. The second kappa shape index (κ2) is 4.67. The first-order valence-electron chi connectivity index (χ1n) is 5.07. The number of rotatable bonds is 3. The number of unbranched alkanes of at least 4 members (excludes halogenated alkanes) is 1. The molecule has 0 aromatic heterocycles. The summed E-state index contributed by atoms with van der Waals surface area (Å²) >= 11 is 2.29. The van der Waals surface area contributed by atoms with Crippen molar-refractivity contribution < 1.29 is 0 Å². The van der Waals surface area contributed by atoms with Crippen molar-refractivity contribution in [1.82, 2.24) is 10.4 Å². The molecule has 5 heteroatoms. The topological polar surface area (TPSA) is 40.0 Å². The van der Waals surface area contributed by atoms with Crippen LogP contribution in [0.2, 0.25) is 0 Å². The molecule has 1 saturated heterocycles. The van der Waals surface area contributed by atoms with Crippen LogP contribution in [0.3, 0.4) is 0 Å². The van der Waals surface area contributed by atoms with E-state index in [1.165, 1.54) is 12.8 Å². The average Bonchev–Trinajstić information content (AvgIpc) is 2.59. The van der Waals surface area contributed by atoms with Gasteiger partial charge in [0.25, 0.3) is 0 Å². The summed E-state index contributed by atoms with van der Waals surface area (Å²) < 4.78 is 1.13. The van der Waals surface area contributed by atoms with Gasteiger partial charge in [0.05, 0.1) is 12.1 Å². The smallest absolute Gasteiger partial charge is 0.111 e. The van der Waals surface area contributed by atoms with E-state index >= 15 is 0 Å². The van der Waals surface area contributed by atoms with Crippen LogP contribution in [-0.4, -0.2) is 40.2 Å². The summed E-state index contributed by atoms with van der Waals surface area (Å²) in [4.78, 5) is 8.59. The van der Waals surface area contributed by atoms with E-state index in [1.807, 2.05) is 0 Å². The molecule has 0 amide bonds. The third kappa shape index (κ3) is 2.14. The first kappa shape index (κ1) is 10.5. The molecule has 0 spiro atoms.